The molecule has 0 fully saturated rings. The molecule has 0 spiro atoms. The molecule has 0 atom stereocenters. The number of carbonyl (C=O) groups is 1. The first-order valence-corrected chi connectivity index (χ1v) is 9.57. The predicted octanol–water partition coefficient (Wildman–Crippen LogP) is 2.11. The number of hydrogen-bond donors (Lipinski definition) is 0. The molecule has 23 heavy (non-hydrogen) atoms. The molecular weight excluding hydrogens is 316 g/mol. The Balaban J connectivity index is 2.79. The first-order valence-electron chi connectivity index (χ1n) is 7.73. The maximum atomic E-state index is 12.0. The molecule has 0 saturated carbocycles. The first kappa shape index (κ1) is 19.3. The molecule has 0 aliphatic rings. The Morgan fingerprint density at radius 2 is 1.87 bits per heavy atom. The number of sulfonamides is 1. The van der Waals surface area contributed by atoms with Gasteiger partial charge in [0.1, 0.15) is 5.75 Å². The highest BCUT2D eigenvalue weighted by atomic mass is 32.2. The van der Waals surface area contributed by atoms with Gasteiger partial charge < -0.3 is 9.64 Å². The molecule has 0 aromatic heterocycles. The van der Waals surface area contributed by atoms with E-state index in [2.05, 4.69) is 0 Å². The number of nitrogens with zero attached hydrogens (tertiary/aromatic N) is 2. The van der Waals surface area contributed by atoms with Gasteiger partial charge in [0.05, 0.1) is 19.1 Å². The highest BCUT2D eigenvalue weighted by Gasteiger charge is 2.18. The molecule has 0 heterocycles. The van der Waals surface area contributed by atoms with Crippen LogP contribution >= 0.6 is 0 Å². The Hall–Kier alpha value is -1.76. The lowest BCUT2D eigenvalue weighted by molar-refractivity contribution is -0.130. The lowest BCUT2D eigenvalue weighted by atomic mass is 10.2. The monoisotopic (exact) mass is 342 g/mol. The van der Waals surface area contributed by atoms with E-state index in [4.69, 9.17) is 4.74 Å². The van der Waals surface area contributed by atoms with E-state index >= 15 is 0 Å². The quantitative estimate of drug-likeness (QED) is 0.689. The Kier molecular flexibility index (Phi) is 7.35. The lowest BCUT2D eigenvalue weighted by Crippen LogP contribution is -2.33. The van der Waals surface area contributed by atoms with Crippen LogP contribution in [0.3, 0.4) is 0 Å². The van der Waals surface area contributed by atoms with Crippen LogP contribution in [0, 0.1) is 0 Å². The number of rotatable bonds is 9. The Labute approximate surface area is 139 Å². The van der Waals surface area contributed by atoms with Gasteiger partial charge in [-0.05, 0) is 32.4 Å². The number of carbonyl (C=O) groups excluding carboxylic acids is 1. The lowest BCUT2D eigenvalue weighted by Gasteiger charge is -2.24. The van der Waals surface area contributed by atoms with Crippen molar-refractivity contribution in [3.05, 3.63) is 24.3 Å². The largest absolute Gasteiger partial charge is 0.497 e. The normalized spacial score (nSPS) is 11.1. The van der Waals surface area contributed by atoms with Crippen LogP contribution in [0.5, 0.6) is 5.75 Å². The van der Waals surface area contributed by atoms with E-state index in [0.29, 0.717) is 37.4 Å². The summed E-state index contributed by atoms with van der Waals surface area (Å²) in [7, 11) is -1.89. The molecule has 0 radical (unpaired) electrons. The minimum absolute atomic E-state index is 0.0501. The number of benzene rings is 1. The van der Waals surface area contributed by atoms with Gasteiger partial charge in [-0.15, -0.1) is 0 Å². The van der Waals surface area contributed by atoms with Gasteiger partial charge in [-0.2, -0.15) is 0 Å². The van der Waals surface area contributed by atoms with Gasteiger partial charge in [0, 0.05) is 32.1 Å². The van der Waals surface area contributed by atoms with Crippen molar-refractivity contribution in [2.24, 2.45) is 0 Å². The zero-order valence-corrected chi connectivity index (χ0v) is 15.1. The number of methoxy groups -OCH3 is 1. The fraction of sp³-hybridized carbons (Fsp3) is 0.562. The van der Waals surface area contributed by atoms with Crippen LogP contribution in [0.2, 0.25) is 0 Å². The maximum absolute atomic E-state index is 12.0. The fourth-order valence-corrected chi connectivity index (χ4v) is 3.32. The Morgan fingerprint density at radius 3 is 2.39 bits per heavy atom. The summed E-state index contributed by atoms with van der Waals surface area (Å²) in [6, 6.07) is 6.89. The van der Waals surface area contributed by atoms with Crippen LogP contribution in [0.25, 0.3) is 0 Å². The van der Waals surface area contributed by atoms with Gasteiger partial charge in [-0.25, -0.2) is 8.42 Å². The fourth-order valence-electron chi connectivity index (χ4n) is 2.36. The summed E-state index contributed by atoms with van der Waals surface area (Å²) in [5, 5.41) is 0. The summed E-state index contributed by atoms with van der Waals surface area (Å²) in [6.45, 7) is 5.46. The molecule has 130 valence electrons. The topological polar surface area (TPSA) is 66.9 Å². The minimum Gasteiger partial charge on any atom is -0.497 e. The van der Waals surface area contributed by atoms with Crippen molar-refractivity contribution in [2.75, 3.05) is 37.3 Å². The summed E-state index contributed by atoms with van der Waals surface area (Å²) < 4.78 is 30.5. The Bertz CT molecular complexity index is 612. The zero-order chi connectivity index (χ0) is 17.5. The third-order valence-electron chi connectivity index (χ3n) is 3.61. The van der Waals surface area contributed by atoms with E-state index in [1.54, 1.807) is 29.2 Å². The molecule has 0 aliphatic heterocycles. The van der Waals surface area contributed by atoms with Crippen molar-refractivity contribution in [1.29, 1.82) is 0 Å². The third kappa shape index (κ3) is 5.74. The first-order chi connectivity index (χ1) is 10.8. The number of hydrogen-bond acceptors (Lipinski definition) is 4. The molecule has 7 heteroatoms. The van der Waals surface area contributed by atoms with Crippen LogP contribution in [-0.2, 0) is 14.8 Å². The van der Waals surface area contributed by atoms with Crippen molar-refractivity contribution in [1.82, 2.24) is 4.90 Å². The molecule has 0 unspecified atom stereocenters. The highest BCUT2D eigenvalue weighted by molar-refractivity contribution is 7.92. The van der Waals surface area contributed by atoms with E-state index in [-0.39, 0.29) is 12.5 Å². The highest BCUT2D eigenvalue weighted by Crippen LogP contribution is 2.23. The molecular formula is C16H26N2O4S. The average Bonchev–Trinajstić information content (AvgIpc) is 2.51. The molecule has 1 rings (SSSR count). The van der Waals surface area contributed by atoms with Crippen LogP contribution in [0.4, 0.5) is 5.69 Å². The molecule has 0 N–H and O–H groups in total. The number of amides is 1. The second-order valence-electron chi connectivity index (χ2n) is 5.21. The molecule has 1 aromatic carbocycles. The second-order valence-corrected chi connectivity index (χ2v) is 7.11. The summed E-state index contributed by atoms with van der Waals surface area (Å²) in [5.74, 6) is 0.643. The van der Waals surface area contributed by atoms with E-state index in [1.807, 2.05) is 13.8 Å². The number of anilines is 1. The van der Waals surface area contributed by atoms with E-state index in [1.165, 1.54) is 17.7 Å². The second kappa shape index (κ2) is 8.76. The minimum atomic E-state index is -3.42. The van der Waals surface area contributed by atoms with Crippen molar-refractivity contribution < 1.29 is 17.9 Å². The summed E-state index contributed by atoms with van der Waals surface area (Å²) in [6.07, 6.45) is 1.97. The molecule has 0 bridgehead atoms. The predicted molar refractivity (Wildman–Crippen MR) is 92.3 cm³/mol. The number of ether oxygens (including phenoxy) is 1. The standard InChI is InChI=1S/C16H26N2O4S/c1-5-17(6-2)16(19)11-8-12-18(23(4,20)21)14-9-7-10-15(13-14)22-3/h7,9-10,13H,5-6,8,11-12H2,1-4H3. The van der Waals surface area contributed by atoms with Gasteiger partial charge in [-0.3, -0.25) is 9.10 Å². The van der Waals surface area contributed by atoms with Crippen molar-refractivity contribution in [3.8, 4) is 5.75 Å². The average molecular weight is 342 g/mol. The van der Waals surface area contributed by atoms with Gasteiger partial charge in [-0.1, -0.05) is 6.07 Å². The van der Waals surface area contributed by atoms with Crippen molar-refractivity contribution in [3.63, 3.8) is 0 Å². The molecule has 1 amide bonds. The van der Waals surface area contributed by atoms with Crippen LogP contribution in [0.15, 0.2) is 24.3 Å². The van der Waals surface area contributed by atoms with E-state index in [0.717, 1.165) is 0 Å². The van der Waals surface area contributed by atoms with Gasteiger partial charge in [0.15, 0.2) is 0 Å². The van der Waals surface area contributed by atoms with Crippen LogP contribution < -0.4 is 9.04 Å². The summed E-state index contributed by atoms with van der Waals surface area (Å²) in [4.78, 5) is 13.8. The summed E-state index contributed by atoms with van der Waals surface area (Å²) in [5.41, 5.74) is 0.544. The molecule has 6 nitrogen and oxygen atoms in total. The third-order valence-corrected chi connectivity index (χ3v) is 4.80. The molecule has 0 saturated heterocycles. The Morgan fingerprint density at radius 1 is 1.22 bits per heavy atom. The van der Waals surface area contributed by atoms with Gasteiger partial charge in [0.25, 0.3) is 0 Å². The summed E-state index contributed by atoms with van der Waals surface area (Å²) >= 11 is 0. The smallest absolute Gasteiger partial charge is 0.232 e. The van der Waals surface area contributed by atoms with Crippen LogP contribution in [0.1, 0.15) is 26.7 Å². The maximum Gasteiger partial charge on any atom is 0.232 e. The van der Waals surface area contributed by atoms with Crippen LogP contribution in [-0.4, -0.2) is 52.2 Å². The molecule has 0 aliphatic carbocycles. The van der Waals surface area contributed by atoms with Gasteiger partial charge in [0.2, 0.25) is 15.9 Å². The van der Waals surface area contributed by atoms with Gasteiger partial charge >= 0.3 is 0 Å². The molecule has 1 aromatic rings. The zero-order valence-electron chi connectivity index (χ0n) is 14.3. The SMILES string of the molecule is CCN(CC)C(=O)CCCN(c1cccc(OC)c1)S(C)(=O)=O. The van der Waals surface area contributed by atoms with Crippen molar-refractivity contribution in [2.45, 2.75) is 26.7 Å². The van der Waals surface area contributed by atoms with Crippen molar-refractivity contribution >= 4 is 21.6 Å². The van der Waals surface area contributed by atoms with E-state index in [9.17, 15) is 13.2 Å². The van der Waals surface area contributed by atoms with E-state index < -0.39 is 10.0 Å².